The summed E-state index contributed by atoms with van der Waals surface area (Å²) in [6.45, 7) is 3.18. The number of carbonyl (C=O) groups is 3. The Kier molecular flexibility index (Phi) is 8.93. The molecule has 0 bridgehead atoms. The van der Waals surface area contributed by atoms with E-state index in [0.29, 0.717) is 24.8 Å². The average molecular weight is 461 g/mol. The van der Waals surface area contributed by atoms with Crippen molar-refractivity contribution in [1.29, 1.82) is 0 Å². The molecule has 6 heteroatoms. The molecule has 0 radical (unpaired) electrons. The van der Waals surface area contributed by atoms with E-state index in [-0.39, 0.29) is 11.8 Å². The van der Waals surface area contributed by atoms with Crippen molar-refractivity contribution in [1.82, 2.24) is 10.6 Å². The van der Waals surface area contributed by atoms with Crippen LogP contribution in [0.1, 0.15) is 42.6 Å². The van der Waals surface area contributed by atoms with Gasteiger partial charge in [-0.05, 0) is 41.2 Å². The monoisotopic (exact) mass is 460 g/mol. The lowest BCUT2D eigenvalue weighted by atomic mass is 9.96. The number of carbonyl (C=O) groups excluding carboxylic acids is 3. The molecule has 0 aliphatic carbocycles. The summed E-state index contributed by atoms with van der Waals surface area (Å²) in [6, 6.07) is 21.1. The van der Waals surface area contributed by atoms with E-state index in [1.807, 2.05) is 80.6 Å². The molecule has 0 aliphatic rings. The van der Waals surface area contributed by atoms with Crippen LogP contribution in [0.15, 0.2) is 72.8 Å². The van der Waals surface area contributed by atoms with Gasteiger partial charge in [0.2, 0.25) is 5.91 Å². The van der Waals surface area contributed by atoms with Gasteiger partial charge >= 0.3 is 0 Å². The number of hydrogen-bond acceptors (Lipinski definition) is 4. The Balaban J connectivity index is 1.76. The largest absolute Gasteiger partial charge is 0.389 e. The number of aliphatic hydroxyl groups excluding tert-OH is 1. The van der Waals surface area contributed by atoms with Crippen LogP contribution in [0.2, 0.25) is 0 Å². The van der Waals surface area contributed by atoms with Crippen molar-refractivity contribution >= 4 is 28.4 Å². The molecule has 34 heavy (non-hydrogen) atoms. The van der Waals surface area contributed by atoms with Gasteiger partial charge in [0.25, 0.3) is 5.91 Å². The van der Waals surface area contributed by atoms with Gasteiger partial charge in [-0.2, -0.15) is 0 Å². The van der Waals surface area contributed by atoms with E-state index in [9.17, 15) is 19.5 Å². The van der Waals surface area contributed by atoms with Crippen molar-refractivity contribution in [3.63, 3.8) is 0 Å². The molecular weight excluding hydrogens is 428 g/mol. The fraction of sp³-hybridized carbons (Fsp3) is 0.321. The molecular formula is C28H32N2O4. The number of aliphatic hydroxyl groups is 1. The van der Waals surface area contributed by atoms with Gasteiger partial charge in [-0.25, -0.2) is 0 Å². The zero-order valence-electron chi connectivity index (χ0n) is 19.7. The van der Waals surface area contributed by atoms with Gasteiger partial charge in [-0.3, -0.25) is 14.4 Å². The number of rotatable bonds is 11. The second-order valence-corrected chi connectivity index (χ2v) is 8.57. The van der Waals surface area contributed by atoms with Gasteiger partial charge in [0.05, 0.1) is 6.04 Å². The predicted molar refractivity (Wildman–Crippen MR) is 133 cm³/mol. The van der Waals surface area contributed by atoms with E-state index in [0.717, 1.165) is 16.3 Å². The third-order valence-electron chi connectivity index (χ3n) is 6.24. The summed E-state index contributed by atoms with van der Waals surface area (Å²) in [5.41, 5.74) is 1.53. The molecule has 178 valence electrons. The lowest BCUT2D eigenvalue weighted by Gasteiger charge is -2.26. The molecule has 3 aromatic rings. The standard InChI is InChI=1S/C28H32N2O4/c1-3-19(2)26(30-27(33)23-15-9-13-21-12-7-8-14-22(21)23)28(34)29-24(25(32)18-31)17-16-20-10-5-4-6-11-20/h4-15,19,24,26,31H,3,16-18H2,1-2H3,(H,29,34)(H,30,33)/t19-,24+,26+/m1/s1. The van der Waals surface area contributed by atoms with E-state index in [4.69, 9.17) is 0 Å². The first-order valence-electron chi connectivity index (χ1n) is 11.7. The summed E-state index contributed by atoms with van der Waals surface area (Å²) in [7, 11) is 0. The minimum atomic E-state index is -0.835. The molecule has 2 amide bonds. The van der Waals surface area contributed by atoms with Crippen LogP contribution in [0.3, 0.4) is 0 Å². The van der Waals surface area contributed by atoms with E-state index in [1.54, 1.807) is 6.07 Å². The van der Waals surface area contributed by atoms with E-state index in [2.05, 4.69) is 10.6 Å². The Morgan fingerprint density at radius 2 is 1.56 bits per heavy atom. The van der Waals surface area contributed by atoms with Crippen molar-refractivity contribution < 1.29 is 19.5 Å². The summed E-state index contributed by atoms with van der Waals surface area (Å²) in [6.07, 6.45) is 1.60. The van der Waals surface area contributed by atoms with Crippen LogP contribution < -0.4 is 10.6 Å². The third kappa shape index (κ3) is 6.29. The fourth-order valence-corrected chi connectivity index (χ4v) is 3.99. The fourth-order valence-electron chi connectivity index (χ4n) is 3.99. The van der Waals surface area contributed by atoms with E-state index >= 15 is 0 Å². The summed E-state index contributed by atoms with van der Waals surface area (Å²) < 4.78 is 0. The van der Waals surface area contributed by atoms with E-state index in [1.165, 1.54) is 0 Å². The Hall–Kier alpha value is -3.51. The topological polar surface area (TPSA) is 95.5 Å². The smallest absolute Gasteiger partial charge is 0.252 e. The molecule has 6 nitrogen and oxygen atoms in total. The van der Waals surface area contributed by atoms with Crippen molar-refractivity contribution in [2.45, 2.75) is 45.2 Å². The SMILES string of the molecule is CC[C@@H](C)[C@H](NC(=O)c1cccc2ccccc12)C(=O)N[C@@H](CCc1ccccc1)C(=O)CO. The summed E-state index contributed by atoms with van der Waals surface area (Å²) in [4.78, 5) is 38.8. The first-order chi connectivity index (χ1) is 16.4. The number of Topliss-reactive ketones (excluding diaryl/α,β-unsaturated/α-hetero) is 1. The first-order valence-corrected chi connectivity index (χ1v) is 11.7. The van der Waals surface area contributed by atoms with Crippen LogP contribution >= 0.6 is 0 Å². The second kappa shape index (κ2) is 12.1. The van der Waals surface area contributed by atoms with Gasteiger partial charge in [0, 0.05) is 5.56 Å². The first kappa shape index (κ1) is 25.1. The zero-order chi connectivity index (χ0) is 24.5. The Labute approximate surface area is 200 Å². The maximum Gasteiger partial charge on any atom is 0.252 e. The number of ketones is 1. The quantitative estimate of drug-likeness (QED) is 0.407. The molecule has 3 rings (SSSR count). The highest BCUT2D eigenvalue weighted by atomic mass is 16.3. The van der Waals surface area contributed by atoms with Crippen molar-refractivity contribution in [2.75, 3.05) is 6.61 Å². The van der Waals surface area contributed by atoms with Crippen LogP contribution in [-0.2, 0) is 16.0 Å². The summed E-state index contributed by atoms with van der Waals surface area (Å²) in [5, 5.41) is 16.9. The highest BCUT2D eigenvalue weighted by molar-refractivity contribution is 6.08. The number of nitrogens with one attached hydrogen (secondary N) is 2. The number of aryl methyl sites for hydroxylation is 1. The molecule has 0 spiro atoms. The molecule has 0 heterocycles. The molecule has 0 fully saturated rings. The van der Waals surface area contributed by atoms with Gasteiger partial charge in [0.15, 0.2) is 5.78 Å². The third-order valence-corrected chi connectivity index (χ3v) is 6.24. The molecule has 3 atom stereocenters. The van der Waals surface area contributed by atoms with E-state index < -0.39 is 30.4 Å². The van der Waals surface area contributed by atoms with Crippen LogP contribution in [0, 0.1) is 5.92 Å². The lowest BCUT2D eigenvalue weighted by Crippen LogP contribution is -2.54. The van der Waals surface area contributed by atoms with Crippen LogP contribution in [0.5, 0.6) is 0 Å². The van der Waals surface area contributed by atoms with Crippen LogP contribution in [-0.4, -0.2) is 41.4 Å². The van der Waals surface area contributed by atoms with Gasteiger partial charge in [-0.15, -0.1) is 0 Å². The lowest BCUT2D eigenvalue weighted by molar-refractivity contribution is -0.131. The molecule has 0 saturated carbocycles. The number of hydrogen-bond donors (Lipinski definition) is 3. The van der Waals surface area contributed by atoms with Crippen molar-refractivity contribution in [2.24, 2.45) is 5.92 Å². The van der Waals surface area contributed by atoms with Crippen molar-refractivity contribution in [3.05, 3.63) is 83.9 Å². The minimum absolute atomic E-state index is 0.155. The summed E-state index contributed by atoms with van der Waals surface area (Å²) >= 11 is 0. The zero-order valence-corrected chi connectivity index (χ0v) is 19.7. The predicted octanol–water partition coefficient (Wildman–Crippen LogP) is 3.66. The van der Waals surface area contributed by atoms with Crippen LogP contribution in [0.4, 0.5) is 0 Å². The Bertz CT molecular complexity index is 1120. The van der Waals surface area contributed by atoms with Gasteiger partial charge in [0.1, 0.15) is 12.6 Å². The summed E-state index contributed by atoms with van der Waals surface area (Å²) in [5.74, 6) is -1.38. The number of fused-ring (bicyclic) bond motifs is 1. The van der Waals surface area contributed by atoms with Crippen molar-refractivity contribution in [3.8, 4) is 0 Å². The van der Waals surface area contributed by atoms with Crippen LogP contribution in [0.25, 0.3) is 10.8 Å². The highest BCUT2D eigenvalue weighted by Gasteiger charge is 2.30. The van der Waals surface area contributed by atoms with Gasteiger partial charge < -0.3 is 15.7 Å². The molecule has 0 unspecified atom stereocenters. The molecule has 0 saturated heterocycles. The maximum absolute atomic E-state index is 13.3. The molecule has 0 aromatic heterocycles. The Morgan fingerprint density at radius 3 is 2.26 bits per heavy atom. The molecule has 3 N–H and O–H groups in total. The second-order valence-electron chi connectivity index (χ2n) is 8.57. The number of amides is 2. The maximum atomic E-state index is 13.3. The Morgan fingerprint density at radius 1 is 0.882 bits per heavy atom. The number of benzene rings is 3. The van der Waals surface area contributed by atoms with Gasteiger partial charge in [-0.1, -0.05) is 87.0 Å². The minimum Gasteiger partial charge on any atom is -0.389 e. The average Bonchev–Trinajstić information content (AvgIpc) is 2.88. The molecule has 3 aromatic carbocycles. The molecule has 0 aliphatic heterocycles. The highest BCUT2D eigenvalue weighted by Crippen LogP contribution is 2.19. The normalized spacial score (nSPS) is 13.6.